The van der Waals surface area contributed by atoms with Gasteiger partial charge in [0.15, 0.2) is 0 Å². The van der Waals surface area contributed by atoms with Crippen LogP contribution in [0.2, 0.25) is 0 Å². The molecule has 90 valence electrons. The van der Waals surface area contributed by atoms with Crippen molar-refractivity contribution in [1.29, 1.82) is 10.5 Å². The van der Waals surface area contributed by atoms with Gasteiger partial charge >= 0.3 is 0 Å². The quantitative estimate of drug-likeness (QED) is 0.400. The van der Waals surface area contributed by atoms with Gasteiger partial charge in [-0.3, -0.25) is 9.59 Å². The highest BCUT2D eigenvalue weighted by Gasteiger charge is 1.96. The molecule has 0 saturated heterocycles. The Morgan fingerprint density at radius 2 is 1.17 bits per heavy atom. The molecule has 0 heterocycles. The van der Waals surface area contributed by atoms with E-state index in [2.05, 4.69) is 23.7 Å². The smallest absolute Gasteiger partial charge is 0.206 e. The van der Waals surface area contributed by atoms with Gasteiger partial charge in [-0.05, 0) is 36.5 Å². The number of Topliss-reactive ketones (excluding diaryl/α,β-unsaturated/α-hetero) is 2. The lowest BCUT2D eigenvalue weighted by Crippen LogP contribution is -1.93. The lowest BCUT2D eigenvalue weighted by atomic mass is 10.2. The first-order valence-electron chi connectivity index (χ1n) is 5.52. The predicted molar refractivity (Wildman–Crippen MR) is 64.5 cm³/mol. The molecule has 0 saturated carbocycles. The summed E-state index contributed by atoms with van der Waals surface area (Å²) in [5.74, 6) is 8.62. The van der Waals surface area contributed by atoms with Crippen molar-refractivity contribution in [2.24, 2.45) is 0 Å². The summed E-state index contributed by atoms with van der Waals surface area (Å²) in [5.41, 5.74) is 0. The number of carbonyl (C=O) groups excluding carboxylic acids is 2. The number of unbranched alkanes of at least 4 members (excludes halogenated alkanes) is 2. The Kier molecular flexibility index (Phi) is 9.39. The van der Waals surface area contributed by atoms with Crippen LogP contribution >= 0.6 is 0 Å². The summed E-state index contributed by atoms with van der Waals surface area (Å²) in [6.07, 6.45) is 2.11. The van der Waals surface area contributed by atoms with Gasteiger partial charge in [0.25, 0.3) is 0 Å². The number of nitriles is 2. The third-order valence-electron chi connectivity index (χ3n) is 1.85. The fourth-order valence-corrected chi connectivity index (χ4v) is 0.983. The largest absolute Gasteiger partial charge is 0.285 e. The molecular weight excluding hydrogens is 228 g/mol. The maximum absolute atomic E-state index is 11.1. The van der Waals surface area contributed by atoms with Gasteiger partial charge in [-0.15, -0.1) is 0 Å². The summed E-state index contributed by atoms with van der Waals surface area (Å²) in [6, 6.07) is 3.87. The van der Waals surface area contributed by atoms with Crippen LogP contribution in [-0.4, -0.2) is 11.6 Å². The number of rotatable bonds is 6. The van der Waals surface area contributed by atoms with Gasteiger partial charge in [-0.1, -0.05) is 0 Å². The molecule has 0 rings (SSSR count). The van der Waals surface area contributed by atoms with Gasteiger partial charge in [0.05, 0.1) is 12.1 Å². The van der Waals surface area contributed by atoms with E-state index >= 15 is 0 Å². The fourth-order valence-electron chi connectivity index (χ4n) is 0.983. The van der Waals surface area contributed by atoms with Gasteiger partial charge in [-0.25, -0.2) is 0 Å². The van der Waals surface area contributed by atoms with Crippen molar-refractivity contribution in [3.05, 3.63) is 0 Å². The van der Waals surface area contributed by atoms with Crippen molar-refractivity contribution >= 4 is 11.6 Å². The monoisotopic (exact) mass is 240 g/mol. The van der Waals surface area contributed by atoms with E-state index in [1.807, 2.05) is 12.1 Å². The highest BCUT2D eigenvalue weighted by Crippen LogP contribution is 1.94. The zero-order valence-corrected chi connectivity index (χ0v) is 9.95. The SMILES string of the molecule is N#CCCCC(=O)C#CC#CC(=O)CCCC#N. The standard InChI is InChI=1S/C14H12N2O2/c15-11-5-3-9-13(17)7-1-2-8-14(18)10-4-6-12-16/h3-6,9-10H2. The minimum atomic E-state index is -0.281. The molecule has 0 unspecified atom stereocenters. The molecule has 4 heteroatoms. The molecule has 0 bridgehead atoms. The lowest BCUT2D eigenvalue weighted by molar-refractivity contribution is -0.114. The average molecular weight is 240 g/mol. The van der Waals surface area contributed by atoms with Gasteiger partial charge in [0.1, 0.15) is 0 Å². The Labute approximate surface area is 107 Å². The Bertz CT molecular complexity index is 450. The molecule has 0 spiro atoms. The van der Waals surface area contributed by atoms with Crippen molar-refractivity contribution < 1.29 is 9.59 Å². The third-order valence-corrected chi connectivity index (χ3v) is 1.85. The summed E-state index contributed by atoms with van der Waals surface area (Å²) < 4.78 is 0. The van der Waals surface area contributed by atoms with Crippen LogP contribution in [0.4, 0.5) is 0 Å². The van der Waals surface area contributed by atoms with Gasteiger partial charge < -0.3 is 0 Å². The van der Waals surface area contributed by atoms with Crippen LogP contribution in [0.15, 0.2) is 0 Å². The molecule has 4 nitrogen and oxygen atoms in total. The maximum atomic E-state index is 11.1. The molecule has 0 N–H and O–H groups in total. The lowest BCUT2D eigenvalue weighted by Gasteiger charge is -1.86. The number of nitrogens with zero attached hydrogens (tertiary/aromatic N) is 2. The maximum Gasteiger partial charge on any atom is 0.206 e. The third kappa shape index (κ3) is 9.97. The zero-order chi connectivity index (χ0) is 13.6. The van der Waals surface area contributed by atoms with Crippen LogP contribution in [0.1, 0.15) is 38.5 Å². The molecule has 0 fully saturated rings. The second-order valence-corrected chi connectivity index (χ2v) is 3.37. The van der Waals surface area contributed by atoms with Crippen LogP contribution in [0.5, 0.6) is 0 Å². The number of carbonyl (C=O) groups is 2. The topological polar surface area (TPSA) is 81.7 Å². The van der Waals surface area contributed by atoms with E-state index in [4.69, 9.17) is 10.5 Å². The number of hydrogen-bond acceptors (Lipinski definition) is 4. The summed E-state index contributed by atoms with van der Waals surface area (Å²) in [7, 11) is 0. The molecule has 0 amide bonds. The first-order chi connectivity index (χ1) is 8.70. The summed E-state index contributed by atoms with van der Waals surface area (Å²) in [5, 5.41) is 16.5. The summed E-state index contributed by atoms with van der Waals surface area (Å²) in [6.45, 7) is 0. The van der Waals surface area contributed by atoms with Crippen molar-refractivity contribution in [3.63, 3.8) is 0 Å². The van der Waals surface area contributed by atoms with Gasteiger partial charge in [0.2, 0.25) is 11.6 Å². The molecule has 0 aromatic heterocycles. The van der Waals surface area contributed by atoms with E-state index in [1.165, 1.54) is 0 Å². The average Bonchev–Trinajstić information content (AvgIpc) is 2.35. The fraction of sp³-hybridized carbons (Fsp3) is 0.429. The molecule has 18 heavy (non-hydrogen) atoms. The highest BCUT2D eigenvalue weighted by molar-refractivity contribution is 5.98. The molecular formula is C14H12N2O2. The highest BCUT2D eigenvalue weighted by atomic mass is 16.1. The first-order valence-corrected chi connectivity index (χ1v) is 5.52. The van der Waals surface area contributed by atoms with E-state index in [0.717, 1.165) is 0 Å². The van der Waals surface area contributed by atoms with E-state index in [1.54, 1.807) is 0 Å². The van der Waals surface area contributed by atoms with Crippen LogP contribution < -0.4 is 0 Å². The Balaban J connectivity index is 3.96. The Hall–Kier alpha value is -2.56. The summed E-state index contributed by atoms with van der Waals surface area (Å²) in [4.78, 5) is 22.2. The Morgan fingerprint density at radius 3 is 1.50 bits per heavy atom. The van der Waals surface area contributed by atoms with Crippen molar-refractivity contribution in [1.82, 2.24) is 0 Å². The molecule has 0 aromatic carbocycles. The molecule has 0 radical (unpaired) electrons. The van der Waals surface area contributed by atoms with Gasteiger partial charge in [0, 0.05) is 25.7 Å². The van der Waals surface area contributed by atoms with Crippen LogP contribution in [0.3, 0.4) is 0 Å². The van der Waals surface area contributed by atoms with Crippen molar-refractivity contribution in [2.75, 3.05) is 0 Å². The van der Waals surface area contributed by atoms with Crippen LogP contribution in [-0.2, 0) is 9.59 Å². The van der Waals surface area contributed by atoms with Crippen LogP contribution in [0.25, 0.3) is 0 Å². The molecule has 0 aliphatic heterocycles. The normalized spacial score (nSPS) is 7.67. The van der Waals surface area contributed by atoms with E-state index in [-0.39, 0.29) is 24.4 Å². The minimum absolute atomic E-state index is 0.234. The van der Waals surface area contributed by atoms with E-state index in [9.17, 15) is 9.59 Å². The first kappa shape index (κ1) is 15.4. The second-order valence-electron chi connectivity index (χ2n) is 3.37. The summed E-state index contributed by atoms with van der Waals surface area (Å²) >= 11 is 0. The van der Waals surface area contributed by atoms with Crippen LogP contribution in [0, 0.1) is 46.3 Å². The predicted octanol–water partition coefficient (Wildman–Crippen LogP) is 1.52. The molecule has 0 aliphatic carbocycles. The molecule has 0 atom stereocenters. The van der Waals surface area contributed by atoms with Crippen molar-refractivity contribution in [3.8, 4) is 35.8 Å². The van der Waals surface area contributed by atoms with Crippen molar-refractivity contribution in [2.45, 2.75) is 38.5 Å². The van der Waals surface area contributed by atoms with Gasteiger partial charge in [-0.2, -0.15) is 10.5 Å². The number of ketones is 2. The molecule has 0 aromatic rings. The zero-order valence-electron chi connectivity index (χ0n) is 9.95. The van der Waals surface area contributed by atoms with E-state index in [0.29, 0.717) is 25.7 Å². The second kappa shape index (κ2) is 10.9. The number of hydrogen-bond donors (Lipinski definition) is 0. The van der Waals surface area contributed by atoms with E-state index < -0.39 is 0 Å². The Morgan fingerprint density at radius 1 is 0.778 bits per heavy atom. The minimum Gasteiger partial charge on any atom is -0.285 e. The molecule has 0 aliphatic rings.